The molecule has 0 radical (unpaired) electrons. The Labute approximate surface area is 597 Å². The molecule has 0 bridgehead atoms. The third-order valence-electron chi connectivity index (χ3n) is 17.2. The zero-order chi connectivity index (χ0) is 74.9. The maximum Gasteiger partial charge on any atom is 0.222 e. The quantitative estimate of drug-likeness (QED) is 0.0257. The fourth-order valence-corrected chi connectivity index (χ4v) is 11.0. The van der Waals surface area contributed by atoms with Crippen LogP contribution in [0, 0.1) is 0 Å². The number of hydrogen-bond acceptors (Lipinski definition) is 28. The van der Waals surface area contributed by atoms with Gasteiger partial charge in [-0.3, -0.25) is 33.6 Å². The van der Waals surface area contributed by atoms with Crippen LogP contribution in [-0.4, -0.2) is 319 Å². The molecule has 35 heteroatoms. The number of carbonyl (C=O) groups is 7. The predicted molar refractivity (Wildman–Crippen MR) is 362 cm³/mol. The van der Waals surface area contributed by atoms with E-state index in [2.05, 4.69) is 44.1 Å². The molecule has 0 aromatic carbocycles. The fourth-order valence-electron chi connectivity index (χ4n) is 11.0. The van der Waals surface area contributed by atoms with E-state index in [0.29, 0.717) is 64.2 Å². The maximum absolute atomic E-state index is 13.8. The lowest BCUT2D eigenvalue weighted by Crippen LogP contribution is -2.59. The first-order chi connectivity index (χ1) is 49.1. The van der Waals surface area contributed by atoms with Crippen LogP contribution in [0.25, 0.3) is 0 Å². The van der Waals surface area contributed by atoms with E-state index in [1.807, 2.05) is 0 Å². The van der Waals surface area contributed by atoms with Crippen LogP contribution in [0.2, 0.25) is 0 Å². The molecule has 3 rings (SSSR count). The van der Waals surface area contributed by atoms with Gasteiger partial charge in [-0.1, -0.05) is 58.3 Å². The van der Waals surface area contributed by atoms with Gasteiger partial charge in [0.05, 0.1) is 59.5 Å². The molecule has 0 aromatic heterocycles. The minimum atomic E-state index is -1.56. The minimum Gasteiger partial charge on any atom is -0.394 e. The molecule has 15 atom stereocenters. The summed E-state index contributed by atoms with van der Waals surface area (Å²) in [6.45, 7) is 1.31. The van der Waals surface area contributed by atoms with E-state index in [0.717, 1.165) is 38.5 Å². The van der Waals surface area contributed by atoms with E-state index in [-0.39, 0.29) is 185 Å². The Bertz CT molecular complexity index is 2080. The van der Waals surface area contributed by atoms with Gasteiger partial charge in [-0.05, 0) is 64.2 Å². The van der Waals surface area contributed by atoms with Gasteiger partial charge in [0.2, 0.25) is 41.4 Å². The Morgan fingerprint density at radius 1 is 0.304 bits per heavy atom. The summed E-state index contributed by atoms with van der Waals surface area (Å²) in [5, 5.41) is 138. The van der Waals surface area contributed by atoms with Crippen LogP contribution in [0.15, 0.2) is 0 Å². The maximum atomic E-state index is 13.8. The van der Waals surface area contributed by atoms with Crippen LogP contribution in [0.1, 0.15) is 167 Å². The molecular weight excluding hydrogens is 1350 g/mol. The Morgan fingerprint density at radius 2 is 0.559 bits per heavy atom. The highest BCUT2D eigenvalue weighted by Crippen LogP contribution is 2.25. The number of rotatable bonds is 59. The monoisotopic (exact) mass is 1470 g/mol. The molecule has 3 aliphatic heterocycles. The molecule has 3 aliphatic rings. The molecule has 0 aliphatic carbocycles. The molecule has 0 spiro atoms. The summed E-state index contributed by atoms with van der Waals surface area (Å²) >= 11 is 0. The van der Waals surface area contributed by atoms with Crippen LogP contribution >= 0.6 is 0 Å². The van der Waals surface area contributed by atoms with Crippen LogP contribution in [0.4, 0.5) is 0 Å². The van der Waals surface area contributed by atoms with Gasteiger partial charge in [0.25, 0.3) is 0 Å². The van der Waals surface area contributed by atoms with Gasteiger partial charge < -0.3 is 141 Å². The number of hydrogen-bond donors (Lipinski definition) is 19. The van der Waals surface area contributed by atoms with Crippen molar-refractivity contribution in [3.63, 3.8) is 0 Å². The molecule has 9 unspecified atom stereocenters. The molecule has 0 aromatic rings. The summed E-state index contributed by atoms with van der Waals surface area (Å²) in [6, 6.07) is 0. The summed E-state index contributed by atoms with van der Waals surface area (Å²) in [4.78, 5) is 90.1. The van der Waals surface area contributed by atoms with Crippen molar-refractivity contribution in [1.82, 2.24) is 37.2 Å². The lowest BCUT2D eigenvalue weighted by molar-refractivity contribution is -0.301. The van der Waals surface area contributed by atoms with E-state index in [4.69, 9.17) is 42.6 Å². The molecule has 594 valence electrons. The first-order valence-electron chi connectivity index (χ1n) is 36.5. The summed E-state index contributed by atoms with van der Waals surface area (Å²) in [7, 11) is 0. The number of nitrogens with one attached hydrogen (secondary N) is 7. The second-order valence-corrected chi connectivity index (χ2v) is 26.1. The highest BCUT2D eigenvalue weighted by atomic mass is 16.7. The highest BCUT2D eigenvalue weighted by Gasteiger charge is 2.46. The van der Waals surface area contributed by atoms with E-state index >= 15 is 0 Å². The van der Waals surface area contributed by atoms with Gasteiger partial charge in [-0.2, -0.15) is 0 Å². The first kappa shape index (κ1) is 91.7. The summed E-state index contributed by atoms with van der Waals surface area (Å²) in [5.41, 5.74) is -1.36. The summed E-state index contributed by atoms with van der Waals surface area (Å²) in [5.74, 6) is -2.04. The second kappa shape index (κ2) is 55.0. The van der Waals surface area contributed by atoms with Crippen LogP contribution in [-0.2, 0) is 76.2 Å². The van der Waals surface area contributed by atoms with Gasteiger partial charge in [-0.25, -0.2) is 0 Å². The second-order valence-electron chi connectivity index (χ2n) is 26.1. The molecule has 35 nitrogen and oxygen atoms in total. The Morgan fingerprint density at radius 3 is 0.843 bits per heavy atom. The third-order valence-corrected chi connectivity index (χ3v) is 17.2. The van der Waals surface area contributed by atoms with Gasteiger partial charge >= 0.3 is 0 Å². The molecule has 0 saturated carbocycles. The largest absolute Gasteiger partial charge is 0.394 e. The standard InChI is InChI=1S/C67H123N7O28/c1-2-3-4-5-6-7-8-9-10-23-54(84)74-67(42-94-36-24-51(81)71-30-17-27-68-48(78)20-11-14-33-97-64-61(91)58(88)55(85)45(39-75)100-64,43-95-37-25-52(82)72-31-18-28-69-49(79)21-12-15-34-98-65-62(92)59(89)56(86)46(40-76)101-65)44-96-38-26-53(83)73-32-19-29-70-50(80)22-13-16-35-99-66-63(93)60(90)57(87)47(41-77)102-66/h45-47,55-66,75-77,85-93H,2-44H2,1H3,(H,68,78)(H,69,79)(H,70,80)(H,71,81)(H,72,82)(H,73,83)(H,74,84)/t45?,46?,47?,55-,56-,57-,58?,59?,60?,61?,62?,63?,64-,65-,66-,67?/m1/s1. The van der Waals surface area contributed by atoms with Gasteiger partial charge in [0.1, 0.15) is 78.8 Å². The Kier molecular flexibility index (Phi) is 49.4. The van der Waals surface area contributed by atoms with E-state index in [1.54, 1.807) is 0 Å². The first-order valence-corrected chi connectivity index (χ1v) is 36.5. The van der Waals surface area contributed by atoms with Crippen molar-refractivity contribution in [2.75, 3.05) is 119 Å². The van der Waals surface area contributed by atoms with Crippen LogP contribution in [0.5, 0.6) is 0 Å². The fraction of sp³-hybridized carbons (Fsp3) is 0.896. The van der Waals surface area contributed by atoms with Gasteiger partial charge in [-0.15, -0.1) is 0 Å². The van der Waals surface area contributed by atoms with Crippen molar-refractivity contribution in [2.24, 2.45) is 0 Å². The minimum absolute atomic E-state index is 0.0748. The number of aliphatic hydroxyl groups is 12. The van der Waals surface area contributed by atoms with Crippen molar-refractivity contribution >= 4 is 41.4 Å². The molecular formula is C67H123N7O28. The normalized spacial score (nSPS) is 25.6. The van der Waals surface area contributed by atoms with Crippen molar-refractivity contribution in [1.29, 1.82) is 0 Å². The Balaban J connectivity index is 1.50. The predicted octanol–water partition coefficient (Wildman–Crippen LogP) is -4.19. The highest BCUT2D eigenvalue weighted by molar-refractivity contribution is 5.78. The van der Waals surface area contributed by atoms with Crippen molar-refractivity contribution in [3.05, 3.63) is 0 Å². The number of aliphatic hydroxyl groups excluding tert-OH is 12. The SMILES string of the molecule is CCCCCCCCCCCC(=O)NC(COCCC(=O)NCCCNC(=O)CCCCO[C@@H]1OC(CO)[C@@H](O)C(O)C1O)(COCCC(=O)NCCCNC(=O)CCCCO[C@@H]1OC(CO)[C@@H](O)C(O)C1O)COCCC(=O)NCCCNC(=O)CCCCO[C@@H]1OC(CO)[C@@H](O)C(O)C1O. The number of amides is 7. The topological polar surface area (TPSA) is 530 Å². The average Bonchev–Trinajstić information content (AvgIpc) is 0.840. The number of ether oxygens (including phenoxy) is 9. The van der Waals surface area contributed by atoms with Crippen molar-refractivity contribution in [2.45, 2.75) is 265 Å². The van der Waals surface area contributed by atoms with E-state index < -0.39 is 117 Å². The number of carbonyl (C=O) groups excluding carboxylic acids is 7. The average molecular weight is 1470 g/mol. The van der Waals surface area contributed by atoms with Crippen LogP contribution < -0.4 is 37.2 Å². The number of unbranched alkanes of at least 4 members (excludes halogenated alkanes) is 11. The van der Waals surface area contributed by atoms with Gasteiger partial charge in [0, 0.05) is 104 Å². The lowest BCUT2D eigenvalue weighted by atomic mass is 9.99. The van der Waals surface area contributed by atoms with Crippen molar-refractivity contribution in [3.8, 4) is 0 Å². The molecule has 3 heterocycles. The smallest absolute Gasteiger partial charge is 0.222 e. The molecule has 3 saturated heterocycles. The summed E-state index contributed by atoms with van der Waals surface area (Å²) < 4.78 is 50.6. The molecule has 102 heavy (non-hydrogen) atoms. The summed E-state index contributed by atoms with van der Waals surface area (Å²) in [6.07, 6.45) is -7.38. The van der Waals surface area contributed by atoms with E-state index in [9.17, 15) is 94.8 Å². The Hall–Kier alpha value is -4.55. The van der Waals surface area contributed by atoms with Crippen LogP contribution in [0.3, 0.4) is 0 Å². The molecule has 3 fully saturated rings. The van der Waals surface area contributed by atoms with E-state index in [1.165, 1.54) is 12.8 Å². The van der Waals surface area contributed by atoms with Gasteiger partial charge in [0.15, 0.2) is 18.9 Å². The van der Waals surface area contributed by atoms with Crippen molar-refractivity contribution < 1.29 is 137 Å². The molecule has 7 amide bonds. The lowest BCUT2D eigenvalue weighted by Gasteiger charge is -2.39. The zero-order valence-electron chi connectivity index (χ0n) is 59.5. The third kappa shape index (κ3) is 38.1. The zero-order valence-corrected chi connectivity index (χ0v) is 59.5. The molecule has 19 N–H and O–H groups in total.